The van der Waals surface area contributed by atoms with Crippen LogP contribution < -0.4 is 4.90 Å². The van der Waals surface area contributed by atoms with Gasteiger partial charge in [0.25, 0.3) is 0 Å². The number of piperazine rings is 1. The third kappa shape index (κ3) is 4.49. The van der Waals surface area contributed by atoms with Crippen LogP contribution >= 0.6 is 0 Å². The Morgan fingerprint density at radius 1 is 1.00 bits per heavy atom. The van der Waals surface area contributed by atoms with Gasteiger partial charge in [0, 0.05) is 45.3 Å². The molecule has 27 heavy (non-hydrogen) atoms. The lowest BCUT2D eigenvalue weighted by atomic mass is 9.91. The number of anilines is 1. The van der Waals surface area contributed by atoms with Gasteiger partial charge in [-0.1, -0.05) is 32.9 Å². The number of hydrogen-bond acceptors (Lipinski definition) is 3. The number of amides is 3. The lowest BCUT2D eigenvalue weighted by Crippen LogP contribution is -2.51. The van der Waals surface area contributed by atoms with Crippen LogP contribution in [0.1, 0.15) is 38.3 Å². The summed E-state index contributed by atoms with van der Waals surface area (Å²) in [6.45, 7) is 8.56. The smallest absolute Gasteiger partial charge is 0.231 e. The third-order valence-corrected chi connectivity index (χ3v) is 5.24. The molecule has 1 fully saturated rings. The Balaban J connectivity index is 1.54. The van der Waals surface area contributed by atoms with Crippen molar-refractivity contribution >= 4 is 23.4 Å². The lowest BCUT2D eigenvalue weighted by molar-refractivity contribution is -0.140. The van der Waals surface area contributed by atoms with Gasteiger partial charge < -0.3 is 14.7 Å². The van der Waals surface area contributed by atoms with Crippen LogP contribution in [0, 0.1) is 5.41 Å². The summed E-state index contributed by atoms with van der Waals surface area (Å²) in [4.78, 5) is 42.2. The fraction of sp³-hybridized carbons (Fsp3) is 0.571. The Morgan fingerprint density at radius 2 is 1.59 bits per heavy atom. The van der Waals surface area contributed by atoms with Gasteiger partial charge in [0.05, 0.1) is 12.8 Å². The fourth-order valence-corrected chi connectivity index (χ4v) is 3.69. The summed E-state index contributed by atoms with van der Waals surface area (Å²) in [6.07, 6.45) is 1.27. The summed E-state index contributed by atoms with van der Waals surface area (Å²) in [5.74, 6) is 0.335. The minimum atomic E-state index is -0.0208. The largest absolute Gasteiger partial charge is 0.339 e. The monoisotopic (exact) mass is 371 g/mol. The third-order valence-electron chi connectivity index (χ3n) is 5.24. The molecule has 0 atom stereocenters. The van der Waals surface area contributed by atoms with E-state index in [9.17, 15) is 14.4 Å². The maximum atomic E-state index is 12.6. The van der Waals surface area contributed by atoms with E-state index in [-0.39, 0.29) is 23.1 Å². The van der Waals surface area contributed by atoms with Gasteiger partial charge in [0.15, 0.2) is 0 Å². The average molecular weight is 371 g/mol. The molecule has 0 bridgehead atoms. The first-order valence-electron chi connectivity index (χ1n) is 9.58. The summed E-state index contributed by atoms with van der Waals surface area (Å²) in [5.41, 5.74) is 2.84. The van der Waals surface area contributed by atoms with Crippen molar-refractivity contribution in [3.63, 3.8) is 0 Å². The van der Waals surface area contributed by atoms with Gasteiger partial charge in [-0.3, -0.25) is 14.4 Å². The van der Waals surface area contributed by atoms with E-state index in [1.165, 1.54) is 0 Å². The molecule has 146 valence electrons. The van der Waals surface area contributed by atoms with Crippen molar-refractivity contribution < 1.29 is 14.4 Å². The second-order valence-electron chi connectivity index (χ2n) is 8.77. The Kier molecular flexibility index (Phi) is 5.27. The van der Waals surface area contributed by atoms with Gasteiger partial charge in [-0.2, -0.15) is 0 Å². The van der Waals surface area contributed by atoms with Gasteiger partial charge in [-0.05, 0) is 22.6 Å². The van der Waals surface area contributed by atoms with Crippen molar-refractivity contribution in [1.29, 1.82) is 0 Å². The Morgan fingerprint density at radius 3 is 2.19 bits per heavy atom. The van der Waals surface area contributed by atoms with E-state index in [0.29, 0.717) is 45.4 Å². The van der Waals surface area contributed by atoms with Crippen molar-refractivity contribution in [1.82, 2.24) is 9.80 Å². The molecule has 1 saturated heterocycles. The van der Waals surface area contributed by atoms with Crippen molar-refractivity contribution in [2.24, 2.45) is 5.41 Å². The number of likely N-dealkylation sites (N-methyl/N-ethyl adjacent to an activating group) is 1. The second-order valence-corrected chi connectivity index (χ2v) is 8.77. The minimum absolute atomic E-state index is 0.0208. The predicted octanol–water partition coefficient (Wildman–Crippen LogP) is 1.85. The summed E-state index contributed by atoms with van der Waals surface area (Å²) in [7, 11) is 1.78. The number of fused-ring (bicyclic) bond motifs is 1. The Labute approximate surface area is 161 Å². The molecular formula is C21H29N3O3. The van der Waals surface area contributed by atoms with E-state index >= 15 is 0 Å². The van der Waals surface area contributed by atoms with E-state index in [1.54, 1.807) is 11.9 Å². The van der Waals surface area contributed by atoms with Crippen molar-refractivity contribution in [3.8, 4) is 0 Å². The van der Waals surface area contributed by atoms with Crippen molar-refractivity contribution in [2.45, 2.75) is 40.0 Å². The zero-order valence-electron chi connectivity index (χ0n) is 16.7. The van der Waals surface area contributed by atoms with Crippen LogP contribution in [0.3, 0.4) is 0 Å². The van der Waals surface area contributed by atoms with E-state index < -0.39 is 0 Å². The molecule has 2 heterocycles. The van der Waals surface area contributed by atoms with E-state index in [4.69, 9.17) is 0 Å². The number of rotatable bonds is 3. The fourth-order valence-electron chi connectivity index (χ4n) is 3.69. The van der Waals surface area contributed by atoms with Gasteiger partial charge in [-0.15, -0.1) is 0 Å². The van der Waals surface area contributed by atoms with Crippen molar-refractivity contribution in [3.05, 3.63) is 29.3 Å². The first-order valence-corrected chi connectivity index (χ1v) is 9.58. The molecule has 0 unspecified atom stereocenters. The van der Waals surface area contributed by atoms with Crippen LogP contribution in [0.2, 0.25) is 0 Å². The number of carbonyl (C=O) groups excluding carboxylic acids is 3. The van der Waals surface area contributed by atoms with Gasteiger partial charge >= 0.3 is 0 Å². The highest BCUT2D eigenvalue weighted by molar-refractivity contribution is 6.01. The van der Waals surface area contributed by atoms with E-state index in [1.807, 2.05) is 28.0 Å². The summed E-state index contributed by atoms with van der Waals surface area (Å²) in [5, 5.41) is 0. The van der Waals surface area contributed by atoms with E-state index in [0.717, 1.165) is 16.8 Å². The Hall–Kier alpha value is -2.37. The molecule has 2 aliphatic heterocycles. The molecule has 3 amide bonds. The molecule has 1 aromatic carbocycles. The standard InChI is InChI=1S/C21H29N3O3/c1-21(2,3)14-20(27)24-9-7-23(8-10-24)19(26)12-15-5-6-17-16(11-15)13-18(25)22(17)4/h5-6,11H,7-10,12-14H2,1-4H3. The van der Waals surface area contributed by atoms with E-state index in [2.05, 4.69) is 20.8 Å². The summed E-state index contributed by atoms with van der Waals surface area (Å²) < 4.78 is 0. The highest BCUT2D eigenvalue weighted by Gasteiger charge is 2.27. The molecule has 0 aromatic heterocycles. The first kappa shape index (κ1) is 19.4. The quantitative estimate of drug-likeness (QED) is 0.815. The topological polar surface area (TPSA) is 60.9 Å². The summed E-state index contributed by atoms with van der Waals surface area (Å²) in [6, 6.07) is 5.82. The summed E-state index contributed by atoms with van der Waals surface area (Å²) >= 11 is 0. The first-order chi connectivity index (χ1) is 12.6. The zero-order valence-corrected chi connectivity index (χ0v) is 16.7. The van der Waals surface area contributed by atoms with Gasteiger partial charge in [0.1, 0.15) is 0 Å². The molecule has 2 aliphatic rings. The number of hydrogen-bond donors (Lipinski definition) is 0. The lowest BCUT2D eigenvalue weighted by Gasteiger charge is -2.36. The SMILES string of the molecule is CN1C(=O)Cc2cc(CC(=O)N3CCN(C(=O)CC(C)(C)C)CC3)ccc21. The molecular weight excluding hydrogens is 342 g/mol. The molecule has 0 aliphatic carbocycles. The molecule has 1 aromatic rings. The number of carbonyl (C=O) groups is 3. The molecule has 0 spiro atoms. The van der Waals surface area contributed by atoms with Crippen LogP contribution in [0.25, 0.3) is 0 Å². The molecule has 6 heteroatoms. The highest BCUT2D eigenvalue weighted by Crippen LogP contribution is 2.28. The van der Waals surface area contributed by atoms with Crippen LogP contribution in [0.15, 0.2) is 18.2 Å². The zero-order chi connectivity index (χ0) is 19.8. The predicted molar refractivity (Wildman–Crippen MR) is 104 cm³/mol. The van der Waals surface area contributed by atoms with Gasteiger partial charge in [-0.25, -0.2) is 0 Å². The minimum Gasteiger partial charge on any atom is -0.339 e. The molecule has 0 radical (unpaired) electrons. The maximum Gasteiger partial charge on any atom is 0.231 e. The van der Waals surface area contributed by atoms with Crippen LogP contribution in [-0.2, 0) is 27.2 Å². The number of benzene rings is 1. The highest BCUT2D eigenvalue weighted by atomic mass is 16.2. The van der Waals surface area contributed by atoms with Gasteiger partial charge in [0.2, 0.25) is 17.7 Å². The second kappa shape index (κ2) is 7.33. The van der Waals surface area contributed by atoms with Crippen LogP contribution in [0.5, 0.6) is 0 Å². The normalized spacial score (nSPS) is 17.3. The molecule has 6 nitrogen and oxygen atoms in total. The molecule has 0 saturated carbocycles. The van der Waals surface area contributed by atoms with Crippen molar-refractivity contribution in [2.75, 3.05) is 38.1 Å². The van der Waals surface area contributed by atoms with Crippen LogP contribution in [-0.4, -0.2) is 60.7 Å². The number of nitrogens with zero attached hydrogens (tertiary/aromatic N) is 3. The molecule has 0 N–H and O–H groups in total. The maximum absolute atomic E-state index is 12.6. The average Bonchev–Trinajstić information content (AvgIpc) is 2.87. The molecule has 3 rings (SSSR count). The Bertz CT molecular complexity index is 758. The van der Waals surface area contributed by atoms with Crippen LogP contribution in [0.4, 0.5) is 5.69 Å².